The number of hydrogen-bond donors (Lipinski definition) is 1. The van der Waals surface area contributed by atoms with Crippen molar-refractivity contribution >= 4 is 5.96 Å². The van der Waals surface area contributed by atoms with Gasteiger partial charge in [-0.25, -0.2) is 0 Å². The van der Waals surface area contributed by atoms with Crippen molar-refractivity contribution in [2.24, 2.45) is 23.9 Å². The minimum atomic E-state index is 0.655. The number of aromatic nitrogens is 3. The summed E-state index contributed by atoms with van der Waals surface area (Å²) in [6, 6.07) is 0.792. The average Bonchev–Trinajstić information content (AvgIpc) is 3.08. The van der Waals surface area contributed by atoms with E-state index in [1.165, 1.54) is 25.7 Å². The third-order valence-corrected chi connectivity index (χ3v) is 6.24. The smallest absolute Gasteiger partial charge is 0.194 e. The fraction of sp³-hybridized carbons (Fsp3) is 0.842. The van der Waals surface area contributed by atoms with Gasteiger partial charge in [0.1, 0.15) is 6.33 Å². The first-order chi connectivity index (χ1) is 12.6. The van der Waals surface area contributed by atoms with E-state index in [-0.39, 0.29) is 0 Å². The first kappa shape index (κ1) is 19.1. The van der Waals surface area contributed by atoms with Crippen molar-refractivity contribution in [1.29, 1.82) is 0 Å². The summed E-state index contributed by atoms with van der Waals surface area (Å²) in [5.74, 6) is 3.68. The van der Waals surface area contributed by atoms with Crippen molar-refractivity contribution in [3.63, 3.8) is 0 Å². The van der Waals surface area contributed by atoms with E-state index in [1.807, 2.05) is 18.7 Å². The topological polar surface area (TPSA) is 61.6 Å². The molecular formula is C19H35N7. The SMILES string of the molecule is CN=C(NCc1nncn1C)N1CCN(C2CCC(C(C)C)CC2)CC1. The summed E-state index contributed by atoms with van der Waals surface area (Å²) in [6.07, 6.45) is 7.30. The lowest BCUT2D eigenvalue weighted by atomic mass is 9.79. The van der Waals surface area contributed by atoms with Crippen LogP contribution in [0, 0.1) is 11.8 Å². The van der Waals surface area contributed by atoms with Crippen molar-refractivity contribution in [1.82, 2.24) is 29.9 Å². The quantitative estimate of drug-likeness (QED) is 0.654. The van der Waals surface area contributed by atoms with Gasteiger partial charge in [-0.1, -0.05) is 13.8 Å². The van der Waals surface area contributed by atoms with Crippen LogP contribution in [0.25, 0.3) is 0 Å². The maximum Gasteiger partial charge on any atom is 0.194 e. The molecule has 0 bridgehead atoms. The van der Waals surface area contributed by atoms with E-state index in [0.717, 1.165) is 55.8 Å². The van der Waals surface area contributed by atoms with Crippen molar-refractivity contribution in [2.75, 3.05) is 33.2 Å². The van der Waals surface area contributed by atoms with Crippen LogP contribution >= 0.6 is 0 Å². The second-order valence-electron chi connectivity index (χ2n) is 8.09. The molecule has 1 N–H and O–H groups in total. The Hall–Kier alpha value is -1.63. The lowest BCUT2D eigenvalue weighted by Gasteiger charge is -2.43. The van der Waals surface area contributed by atoms with Crippen LogP contribution in [0.4, 0.5) is 0 Å². The van der Waals surface area contributed by atoms with Gasteiger partial charge in [-0.2, -0.15) is 0 Å². The number of nitrogens with zero attached hydrogens (tertiary/aromatic N) is 6. The predicted molar refractivity (Wildman–Crippen MR) is 105 cm³/mol. The molecule has 2 aliphatic rings. The fourth-order valence-electron chi connectivity index (χ4n) is 4.39. The Morgan fingerprint density at radius 3 is 2.42 bits per heavy atom. The van der Waals surface area contributed by atoms with E-state index < -0.39 is 0 Å². The summed E-state index contributed by atoms with van der Waals surface area (Å²) in [5, 5.41) is 11.5. The van der Waals surface area contributed by atoms with Gasteiger partial charge < -0.3 is 14.8 Å². The molecule has 3 rings (SSSR count). The minimum absolute atomic E-state index is 0.655. The van der Waals surface area contributed by atoms with Crippen LogP contribution in [0.3, 0.4) is 0 Å². The number of hydrogen-bond acceptors (Lipinski definition) is 4. The first-order valence-electron chi connectivity index (χ1n) is 10.1. The molecule has 1 saturated heterocycles. The second kappa shape index (κ2) is 8.84. The Morgan fingerprint density at radius 1 is 1.19 bits per heavy atom. The van der Waals surface area contributed by atoms with Gasteiger partial charge in [0.25, 0.3) is 0 Å². The van der Waals surface area contributed by atoms with Gasteiger partial charge in [-0.05, 0) is 37.5 Å². The molecule has 0 radical (unpaired) electrons. The molecule has 7 nitrogen and oxygen atoms in total. The van der Waals surface area contributed by atoms with Gasteiger partial charge >= 0.3 is 0 Å². The Labute approximate surface area is 157 Å². The summed E-state index contributed by atoms with van der Waals surface area (Å²) >= 11 is 0. The first-order valence-corrected chi connectivity index (χ1v) is 10.1. The van der Waals surface area contributed by atoms with Crippen molar-refractivity contribution in [3.05, 3.63) is 12.2 Å². The Morgan fingerprint density at radius 2 is 1.88 bits per heavy atom. The van der Waals surface area contributed by atoms with Gasteiger partial charge in [0.2, 0.25) is 0 Å². The molecule has 0 amide bonds. The average molecular weight is 362 g/mol. The molecule has 2 fully saturated rings. The van der Waals surface area contributed by atoms with Crippen LogP contribution in [-0.4, -0.2) is 69.8 Å². The summed E-state index contributed by atoms with van der Waals surface area (Å²) in [5.41, 5.74) is 0. The lowest BCUT2D eigenvalue weighted by molar-refractivity contribution is 0.0864. The molecule has 26 heavy (non-hydrogen) atoms. The molecule has 0 aromatic carbocycles. The Bertz CT molecular complexity index is 578. The van der Waals surface area contributed by atoms with Crippen molar-refractivity contribution in [2.45, 2.75) is 52.1 Å². The molecule has 0 unspecified atom stereocenters. The highest BCUT2D eigenvalue weighted by atomic mass is 15.4. The van der Waals surface area contributed by atoms with Gasteiger partial charge in [-0.3, -0.25) is 9.89 Å². The van der Waals surface area contributed by atoms with Crippen LogP contribution in [0.15, 0.2) is 11.3 Å². The maximum atomic E-state index is 4.46. The third-order valence-electron chi connectivity index (χ3n) is 6.24. The molecule has 1 aromatic heterocycles. The van der Waals surface area contributed by atoms with Crippen LogP contribution in [-0.2, 0) is 13.6 Å². The summed E-state index contributed by atoms with van der Waals surface area (Å²) in [6.45, 7) is 9.78. The number of guanidine groups is 1. The van der Waals surface area contributed by atoms with Crippen LogP contribution in [0.5, 0.6) is 0 Å². The number of nitrogens with one attached hydrogen (secondary N) is 1. The summed E-state index contributed by atoms with van der Waals surface area (Å²) < 4.78 is 1.94. The van der Waals surface area contributed by atoms with Gasteiger partial charge in [0.05, 0.1) is 6.54 Å². The monoisotopic (exact) mass is 361 g/mol. The van der Waals surface area contributed by atoms with Gasteiger partial charge in [-0.15, -0.1) is 10.2 Å². The highest BCUT2D eigenvalue weighted by Gasteiger charge is 2.29. The normalized spacial score (nSPS) is 25.7. The number of rotatable bonds is 4. The van der Waals surface area contributed by atoms with E-state index in [2.05, 4.69) is 44.2 Å². The predicted octanol–water partition coefficient (Wildman–Crippen LogP) is 1.72. The molecule has 1 saturated carbocycles. The van der Waals surface area contributed by atoms with Crippen LogP contribution in [0.1, 0.15) is 45.4 Å². The fourth-order valence-corrected chi connectivity index (χ4v) is 4.39. The summed E-state index contributed by atoms with van der Waals surface area (Å²) in [7, 11) is 3.82. The Kier molecular flexibility index (Phi) is 6.51. The van der Waals surface area contributed by atoms with E-state index in [4.69, 9.17) is 0 Å². The molecule has 0 spiro atoms. The highest BCUT2D eigenvalue weighted by molar-refractivity contribution is 5.79. The van der Waals surface area contributed by atoms with E-state index in [9.17, 15) is 0 Å². The molecule has 0 atom stereocenters. The van der Waals surface area contributed by atoms with E-state index in [0.29, 0.717) is 6.54 Å². The zero-order valence-electron chi connectivity index (χ0n) is 16.9. The molecule has 2 heterocycles. The lowest BCUT2D eigenvalue weighted by Crippen LogP contribution is -2.55. The van der Waals surface area contributed by atoms with Crippen LogP contribution in [0.2, 0.25) is 0 Å². The number of piperazine rings is 1. The number of aliphatic imine (C=N–C) groups is 1. The highest BCUT2D eigenvalue weighted by Crippen LogP contribution is 2.32. The zero-order valence-corrected chi connectivity index (χ0v) is 16.9. The van der Waals surface area contributed by atoms with Crippen LogP contribution < -0.4 is 5.32 Å². The molecule has 1 aliphatic carbocycles. The molecule has 1 aromatic rings. The molecule has 7 heteroatoms. The Balaban J connectivity index is 1.44. The van der Waals surface area contributed by atoms with Crippen molar-refractivity contribution in [3.8, 4) is 0 Å². The van der Waals surface area contributed by atoms with E-state index >= 15 is 0 Å². The second-order valence-corrected chi connectivity index (χ2v) is 8.09. The number of aryl methyl sites for hydroxylation is 1. The third kappa shape index (κ3) is 4.55. The minimum Gasteiger partial charge on any atom is -0.349 e. The van der Waals surface area contributed by atoms with Gasteiger partial charge in [0, 0.05) is 46.3 Å². The van der Waals surface area contributed by atoms with Crippen molar-refractivity contribution < 1.29 is 0 Å². The molecule has 1 aliphatic heterocycles. The maximum absolute atomic E-state index is 4.46. The van der Waals surface area contributed by atoms with Gasteiger partial charge in [0.15, 0.2) is 11.8 Å². The standard InChI is InChI=1S/C19H35N7/c1-15(2)16-5-7-17(8-6-16)25-9-11-26(12-10-25)19(20-3)21-13-18-23-22-14-24(18)4/h14-17H,5-13H2,1-4H3,(H,20,21). The summed E-state index contributed by atoms with van der Waals surface area (Å²) in [4.78, 5) is 9.54. The largest absolute Gasteiger partial charge is 0.349 e. The van der Waals surface area contributed by atoms with E-state index in [1.54, 1.807) is 6.33 Å². The molecular weight excluding hydrogens is 326 g/mol. The zero-order chi connectivity index (χ0) is 18.5. The molecule has 146 valence electrons.